The van der Waals surface area contributed by atoms with Crippen molar-refractivity contribution in [1.29, 1.82) is 0 Å². The van der Waals surface area contributed by atoms with Gasteiger partial charge in [-0.2, -0.15) is 5.10 Å². The summed E-state index contributed by atoms with van der Waals surface area (Å²) in [5.41, 5.74) is 2.17. The maximum absolute atomic E-state index is 6.26. The van der Waals surface area contributed by atoms with Crippen molar-refractivity contribution in [3.8, 4) is 0 Å². The van der Waals surface area contributed by atoms with E-state index in [1.54, 1.807) is 4.68 Å². The summed E-state index contributed by atoms with van der Waals surface area (Å²) in [5, 5.41) is 8.54. The third-order valence-electron chi connectivity index (χ3n) is 3.08. The number of halogens is 1. The highest BCUT2D eigenvalue weighted by molar-refractivity contribution is 6.30. The van der Waals surface area contributed by atoms with Gasteiger partial charge in [0.15, 0.2) is 0 Å². The Hall–Kier alpha value is -0.580. The molecule has 0 aliphatic rings. The van der Waals surface area contributed by atoms with Crippen LogP contribution in [-0.2, 0) is 13.6 Å². The molecule has 0 atom stereocenters. The first-order chi connectivity index (χ1) is 8.45. The van der Waals surface area contributed by atoms with Gasteiger partial charge in [0.25, 0.3) is 0 Å². The molecule has 0 saturated carbocycles. The molecule has 0 amide bonds. The summed E-state index contributed by atoms with van der Waals surface area (Å²) in [6, 6.07) is 0.535. The Morgan fingerprint density at radius 2 is 2.11 bits per heavy atom. The quantitative estimate of drug-likeness (QED) is 0.826. The van der Waals surface area contributed by atoms with E-state index in [9.17, 15) is 0 Å². The van der Waals surface area contributed by atoms with E-state index < -0.39 is 0 Å². The molecule has 0 aliphatic heterocycles. The monoisotopic (exact) mass is 272 g/mol. The van der Waals surface area contributed by atoms with Crippen LogP contribution in [0.5, 0.6) is 0 Å². The first-order valence-corrected chi connectivity index (χ1v) is 6.97. The third kappa shape index (κ3) is 4.26. The summed E-state index contributed by atoms with van der Waals surface area (Å²) in [7, 11) is 1.88. The summed E-state index contributed by atoms with van der Waals surface area (Å²) in [6.45, 7) is 12.4. The van der Waals surface area contributed by atoms with Crippen LogP contribution >= 0.6 is 11.6 Å². The molecule has 1 heterocycles. The van der Waals surface area contributed by atoms with Crippen LogP contribution in [0, 0.1) is 6.92 Å². The number of nitrogens with one attached hydrogen (secondary N) is 1. The molecule has 5 heteroatoms. The van der Waals surface area contributed by atoms with Gasteiger partial charge in [-0.25, -0.2) is 0 Å². The average Bonchev–Trinajstić information content (AvgIpc) is 2.53. The molecule has 0 saturated heterocycles. The van der Waals surface area contributed by atoms with Gasteiger partial charge in [-0.1, -0.05) is 32.4 Å². The van der Waals surface area contributed by atoms with Crippen molar-refractivity contribution >= 4 is 11.6 Å². The Bertz CT molecular complexity index is 373. The van der Waals surface area contributed by atoms with Gasteiger partial charge in [0, 0.05) is 38.3 Å². The molecule has 0 unspecified atom stereocenters. The van der Waals surface area contributed by atoms with E-state index in [0.29, 0.717) is 6.04 Å². The van der Waals surface area contributed by atoms with Gasteiger partial charge in [0.2, 0.25) is 0 Å². The zero-order valence-electron chi connectivity index (χ0n) is 12.1. The summed E-state index contributed by atoms with van der Waals surface area (Å²) >= 11 is 6.26. The predicted octanol–water partition coefficient (Wildman–Crippen LogP) is 2.20. The highest BCUT2D eigenvalue weighted by Crippen LogP contribution is 2.20. The number of aryl methyl sites for hydroxylation is 2. The minimum Gasteiger partial charge on any atom is -0.313 e. The van der Waals surface area contributed by atoms with Crippen molar-refractivity contribution in [2.24, 2.45) is 7.05 Å². The molecule has 0 aromatic carbocycles. The van der Waals surface area contributed by atoms with Crippen LogP contribution in [-0.4, -0.2) is 40.4 Å². The van der Waals surface area contributed by atoms with Crippen LogP contribution in [0.25, 0.3) is 0 Å². The number of hydrogen-bond donors (Lipinski definition) is 1. The second kappa shape index (κ2) is 7.12. The molecule has 104 valence electrons. The lowest BCUT2D eigenvalue weighted by molar-refractivity contribution is 0.275. The zero-order chi connectivity index (χ0) is 13.7. The van der Waals surface area contributed by atoms with Crippen molar-refractivity contribution in [3.63, 3.8) is 0 Å². The van der Waals surface area contributed by atoms with Gasteiger partial charge in [0.05, 0.1) is 5.69 Å². The van der Waals surface area contributed by atoms with Crippen LogP contribution in [0.4, 0.5) is 0 Å². The van der Waals surface area contributed by atoms with E-state index in [2.05, 4.69) is 36.1 Å². The molecular weight excluding hydrogens is 248 g/mol. The van der Waals surface area contributed by atoms with Crippen LogP contribution in [0.2, 0.25) is 5.15 Å². The zero-order valence-corrected chi connectivity index (χ0v) is 12.9. The second-order valence-corrected chi connectivity index (χ2v) is 5.31. The van der Waals surface area contributed by atoms with Crippen LogP contribution in [0.1, 0.15) is 32.0 Å². The standard InChI is InChI=1S/C13H25ClN4/c1-6-18(8-7-15-10(2)3)9-12-11(4)16-17(5)13(12)14/h10,15H,6-9H2,1-5H3. The van der Waals surface area contributed by atoms with Gasteiger partial charge in [-0.15, -0.1) is 0 Å². The van der Waals surface area contributed by atoms with E-state index in [4.69, 9.17) is 11.6 Å². The molecular formula is C13H25ClN4. The highest BCUT2D eigenvalue weighted by Gasteiger charge is 2.14. The molecule has 0 radical (unpaired) electrons. The molecule has 0 bridgehead atoms. The smallest absolute Gasteiger partial charge is 0.131 e. The molecule has 1 N–H and O–H groups in total. The fraction of sp³-hybridized carbons (Fsp3) is 0.769. The first kappa shape index (κ1) is 15.5. The Morgan fingerprint density at radius 1 is 1.44 bits per heavy atom. The predicted molar refractivity (Wildman–Crippen MR) is 77.0 cm³/mol. The van der Waals surface area contributed by atoms with Crippen molar-refractivity contribution in [2.45, 2.75) is 40.3 Å². The van der Waals surface area contributed by atoms with Crippen LogP contribution < -0.4 is 5.32 Å². The lowest BCUT2D eigenvalue weighted by Crippen LogP contribution is -2.34. The lowest BCUT2D eigenvalue weighted by Gasteiger charge is -2.21. The summed E-state index contributed by atoms with van der Waals surface area (Å²) in [4.78, 5) is 2.38. The fourth-order valence-electron chi connectivity index (χ4n) is 1.94. The number of aromatic nitrogens is 2. The van der Waals surface area contributed by atoms with Crippen LogP contribution in [0.3, 0.4) is 0 Å². The number of hydrogen-bond acceptors (Lipinski definition) is 3. The van der Waals surface area contributed by atoms with E-state index in [1.165, 1.54) is 0 Å². The van der Waals surface area contributed by atoms with E-state index >= 15 is 0 Å². The Balaban J connectivity index is 2.57. The third-order valence-corrected chi connectivity index (χ3v) is 3.55. The fourth-order valence-corrected chi connectivity index (χ4v) is 2.17. The SMILES string of the molecule is CCN(CCNC(C)C)Cc1c(C)nn(C)c1Cl. The molecule has 1 aromatic rings. The van der Waals surface area contributed by atoms with E-state index in [1.807, 2.05) is 14.0 Å². The molecule has 18 heavy (non-hydrogen) atoms. The van der Waals surface area contributed by atoms with Gasteiger partial charge in [-0.05, 0) is 13.5 Å². The first-order valence-electron chi connectivity index (χ1n) is 6.59. The molecule has 1 aromatic heterocycles. The van der Waals surface area contributed by atoms with Gasteiger partial charge in [0.1, 0.15) is 5.15 Å². The normalized spacial score (nSPS) is 11.8. The topological polar surface area (TPSA) is 33.1 Å². The van der Waals surface area contributed by atoms with Crippen molar-refractivity contribution < 1.29 is 0 Å². The lowest BCUT2D eigenvalue weighted by atomic mass is 10.2. The second-order valence-electron chi connectivity index (χ2n) is 4.96. The van der Waals surface area contributed by atoms with Crippen molar-refractivity contribution in [2.75, 3.05) is 19.6 Å². The Morgan fingerprint density at radius 3 is 2.56 bits per heavy atom. The van der Waals surface area contributed by atoms with Crippen LogP contribution in [0.15, 0.2) is 0 Å². The highest BCUT2D eigenvalue weighted by atomic mass is 35.5. The largest absolute Gasteiger partial charge is 0.313 e. The number of nitrogens with zero attached hydrogens (tertiary/aromatic N) is 3. The van der Waals surface area contributed by atoms with Gasteiger partial charge >= 0.3 is 0 Å². The summed E-state index contributed by atoms with van der Waals surface area (Å²) in [6.07, 6.45) is 0. The minimum atomic E-state index is 0.535. The molecule has 1 rings (SSSR count). The maximum atomic E-state index is 6.26. The van der Waals surface area contributed by atoms with Crippen molar-refractivity contribution in [3.05, 3.63) is 16.4 Å². The summed E-state index contributed by atoms with van der Waals surface area (Å²) < 4.78 is 1.74. The molecule has 0 aliphatic carbocycles. The summed E-state index contributed by atoms with van der Waals surface area (Å²) in [5.74, 6) is 0. The average molecular weight is 273 g/mol. The molecule has 4 nitrogen and oxygen atoms in total. The Kier molecular flexibility index (Phi) is 6.12. The number of rotatable bonds is 7. The van der Waals surface area contributed by atoms with Gasteiger partial charge in [-0.3, -0.25) is 9.58 Å². The molecule has 0 fully saturated rings. The molecule has 0 spiro atoms. The minimum absolute atomic E-state index is 0.535. The number of likely N-dealkylation sites (N-methyl/N-ethyl adjacent to an activating group) is 1. The Labute approximate surface area is 115 Å². The van der Waals surface area contributed by atoms with Gasteiger partial charge < -0.3 is 5.32 Å². The maximum Gasteiger partial charge on any atom is 0.131 e. The van der Waals surface area contributed by atoms with E-state index in [0.717, 1.165) is 42.6 Å². The van der Waals surface area contributed by atoms with E-state index in [-0.39, 0.29) is 0 Å². The van der Waals surface area contributed by atoms with Crippen molar-refractivity contribution in [1.82, 2.24) is 20.0 Å².